The van der Waals surface area contributed by atoms with Gasteiger partial charge in [0.1, 0.15) is 5.75 Å². The Hall–Kier alpha value is -2.83. The van der Waals surface area contributed by atoms with Crippen molar-refractivity contribution in [1.82, 2.24) is 9.78 Å². The number of carboxylic acid groups (broad SMARTS) is 1. The molecule has 0 aliphatic carbocycles. The first-order chi connectivity index (χ1) is 11.3. The number of hydrogen-bond donors (Lipinski definition) is 2. The maximum atomic E-state index is 12.0. The summed E-state index contributed by atoms with van der Waals surface area (Å²) in [6, 6.07) is 7.54. The van der Waals surface area contributed by atoms with Crippen LogP contribution in [-0.4, -0.2) is 33.9 Å². The van der Waals surface area contributed by atoms with Crippen LogP contribution >= 0.6 is 0 Å². The van der Waals surface area contributed by atoms with Gasteiger partial charge in [0.05, 0.1) is 19.0 Å². The van der Waals surface area contributed by atoms with Crippen molar-refractivity contribution in [2.75, 3.05) is 12.4 Å². The molecule has 7 heteroatoms. The maximum absolute atomic E-state index is 12.0. The Morgan fingerprint density at radius 2 is 1.96 bits per heavy atom. The number of amides is 1. The molecule has 1 heterocycles. The van der Waals surface area contributed by atoms with Gasteiger partial charge in [0, 0.05) is 12.6 Å². The summed E-state index contributed by atoms with van der Waals surface area (Å²) in [4.78, 5) is 23.2. The van der Waals surface area contributed by atoms with Crippen molar-refractivity contribution in [2.24, 2.45) is 0 Å². The van der Waals surface area contributed by atoms with Gasteiger partial charge in [0.2, 0.25) is 5.91 Å². The number of hydrogen-bond acceptors (Lipinski definition) is 4. The zero-order valence-electron chi connectivity index (χ0n) is 13.9. The predicted molar refractivity (Wildman–Crippen MR) is 89.1 cm³/mol. The van der Waals surface area contributed by atoms with E-state index in [0.29, 0.717) is 18.5 Å². The monoisotopic (exact) mass is 331 g/mol. The predicted octanol–water partition coefficient (Wildman–Crippen LogP) is 2.28. The molecule has 0 radical (unpaired) electrons. The lowest BCUT2D eigenvalue weighted by Crippen LogP contribution is -2.35. The number of aliphatic carboxylic acids is 1. The number of nitrogens with one attached hydrogen (secondary N) is 1. The molecule has 0 atom stereocenters. The molecule has 0 spiro atoms. The van der Waals surface area contributed by atoms with E-state index in [-0.39, 0.29) is 5.91 Å². The Morgan fingerprint density at radius 3 is 2.54 bits per heavy atom. The Labute approximate surface area is 140 Å². The molecular weight excluding hydrogens is 310 g/mol. The average Bonchev–Trinajstić information content (AvgIpc) is 3.02. The maximum Gasteiger partial charge on any atom is 0.331 e. The summed E-state index contributed by atoms with van der Waals surface area (Å²) >= 11 is 0. The number of carbonyl (C=O) groups excluding carboxylic acids is 1. The van der Waals surface area contributed by atoms with Crippen molar-refractivity contribution in [1.29, 1.82) is 0 Å². The molecule has 1 aromatic heterocycles. The number of rotatable bonds is 7. The summed E-state index contributed by atoms with van der Waals surface area (Å²) in [7, 11) is 1.61. The quantitative estimate of drug-likeness (QED) is 0.812. The van der Waals surface area contributed by atoms with E-state index in [1.54, 1.807) is 7.11 Å². The summed E-state index contributed by atoms with van der Waals surface area (Å²) in [6.45, 7) is 3.08. The number of ether oxygens (including phenoxy) is 1. The number of nitrogens with zero attached hydrogens (tertiary/aromatic N) is 2. The molecule has 2 N–H and O–H groups in total. The van der Waals surface area contributed by atoms with Gasteiger partial charge in [-0.15, -0.1) is 0 Å². The summed E-state index contributed by atoms with van der Waals surface area (Å²) in [5, 5.41) is 15.9. The summed E-state index contributed by atoms with van der Waals surface area (Å²) < 4.78 is 6.40. The van der Waals surface area contributed by atoms with Gasteiger partial charge in [-0.3, -0.25) is 9.48 Å². The van der Waals surface area contributed by atoms with E-state index in [1.165, 1.54) is 30.9 Å². The van der Waals surface area contributed by atoms with Crippen LogP contribution in [0.25, 0.3) is 0 Å². The van der Waals surface area contributed by atoms with Crippen LogP contribution in [0.2, 0.25) is 0 Å². The van der Waals surface area contributed by atoms with Gasteiger partial charge in [-0.05, 0) is 38.0 Å². The largest absolute Gasteiger partial charge is 0.497 e. The fourth-order valence-corrected chi connectivity index (χ4v) is 2.06. The molecule has 0 saturated carbocycles. The second kappa shape index (κ2) is 7.16. The Balaban J connectivity index is 1.90. The minimum atomic E-state index is -1.17. The molecule has 1 amide bonds. The van der Waals surface area contributed by atoms with Crippen LogP contribution in [0.15, 0.2) is 36.7 Å². The fourth-order valence-electron chi connectivity index (χ4n) is 2.06. The number of aryl methyl sites for hydroxylation is 1. The van der Waals surface area contributed by atoms with Crippen molar-refractivity contribution in [2.45, 2.75) is 32.2 Å². The van der Waals surface area contributed by atoms with E-state index in [9.17, 15) is 14.7 Å². The molecule has 128 valence electrons. The highest BCUT2D eigenvalue weighted by Gasteiger charge is 2.30. The van der Waals surface area contributed by atoms with E-state index < -0.39 is 11.5 Å². The molecule has 0 unspecified atom stereocenters. The van der Waals surface area contributed by atoms with Gasteiger partial charge < -0.3 is 15.2 Å². The number of carboxylic acids is 1. The first-order valence-electron chi connectivity index (χ1n) is 7.54. The summed E-state index contributed by atoms with van der Waals surface area (Å²) in [5.74, 6) is -0.377. The first-order valence-corrected chi connectivity index (χ1v) is 7.54. The lowest BCUT2D eigenvalue weighted by Gasteiger charge is -2.19. The molecule has 0 bridgehead atoms. The fraction of sp³-hybridized carbons (Fsp3) is 0.353. The summed E-state index contributed by atoms with van der Waals surface area (Å²) in [6.07, 6.45) is 3.87. The van der Waals surface area contributed by atoms with E-state index in [0.717, 1.165) is 11.3 Å². The third-order valence-electron chi connectivity index (χ3n) is 3.76. The van der Waals surface area contributed by atoms with Crippen LogP contribution < -0.4 is 10.1 Å². The average molecular weight is 331 g/mol. The smallest absolute Gasteiger partial charge is 0.331 e. The number of anilines is 1. The number of carbonyl (C=O) groups is 2. The minimum absolute atomic E-state index is 0.154. The SMILES string of the molecule is COc1ccc(CCC(=O)Nc2cnn(C(C)(C)C(=O)O)c2)cc1. The lowest BCUT2D eigenvalue weighted by atomic mass is 10.1. The van der Waals surface area contributed by atoms with E-state index in [1.807, 2.05) is 24.3 Å². The van der Waals surface area contributed by atoms with Crippen LogP contribution in [0.3, 0.4) is 0 Å². The molecule has 1 aromatic carbocycles. The van der Waals surface area contributed by atoms with Crippen molar-refractivity contribution in [3.8, 4) is 5.75 Å². The van der Waals surface area contributed by atoms with E-state index in [2.05, 4.69) is 10.4 Å². The second-order valence-electron chi connectivity index (χ2n) is 5.93. The molecule has 0 saturated heterocycles. The van der Waals surface area contributed by atoms with Gasteiger partial charge in [0.15, 0.2) is 5.54 Å². The van der Waals surface area contributed by atoms with Gasteiger partial charge in [-0.2, -0.15) is 5.10 Å². The number of aromatic nitrogens is 2. The number of benzene rings is 1. The van der Waals surface area contributed by atoms with Crippen molar-refractivity contribution in [3.05, 3.63) is 42.2 Å². The Bertz CT molecular complexity index is 720. The van der Waals surface area contributed by atoms with Gasteiger partial charge >= 0.3 is 5.97 Å². The lowest BCUT2D eigenvalue weighted by molar-refractivity contribution is -0.146. The molecule has 2 aromatic rings. The van der Waals surface area contributed by atoms with Crippen molar-refractivity contribution in [3.63, 3.8) is 0 Å². The van der Waals surface area contributed by atoms with Crippen LogP contribution in [-0.2, 0) is 21.5 Å². The molecule has 7 nitrogen and oxygen atoms in total. The van der Waals surface area contributed by atoms with Crippen molar-refractivity contribution >= 4 is 17.6 Å². The third-order valence-corrected chi connectivity index (χ3v) is 3.76. The Kier molecular flexibility index (Phi) is 5.23. The first kappa shape index (κ1) is 17.5. The highest BCUT2D eigenvalue weighted by atomic mass is 16.5. The van der Waals surface area contributed by atoms with Crippen LogP contribution in [0.1, 0.15) is 25.8 Å². The van der Waals surface area contributed by atoms with E-state index in [4.69, 9.17) is 4.74 Å². The Morgan fingerprint density at radius 1 is 1.29 bits per heavy atom. The van der Waals surface area contributed by atoms with Gasteiger partial charge in [-0.1, -0.05) is 12.1 Å². The third kappa shape index (κ3) is 4.13. The van der Waals surface area contributed by atoms with Gasteiger partial charge in [0.25, 0.3) is 0 Å². The standard InChI is InChI=1S/C17H21N3O4/c1-17(2,16(22)23)20-11-13(10-18-20)19-15(21)9-6-12-4-7-14(24-3)8-5-12/h4-5,7-8,10-11H,6,9H2,1-3H3,(H,19,21)(H,22,23). The van der Waals surface area contributed by atoms with Crippen LogP contribution in [0.4, 0.5) is 5.69 Å². The zero-order chi connectivity index (χ0) is 17.7. The topological polar surface area (TPSA) is 93.5 Å². The molecule has 0 aliphatic rings. The van der Waals surface area contributed by atoms with Crippen LogP contribution in [0.5, 0.6) is 5.75 Å². The summed E-state index contributed by atoms with van der Waals surface area (Å²) in [5.41, 5.74) is 0.337. The molecular formula is C17H21N3O4. The minimum Gasteiger partial charge on any atom is -0.497 e. The van der Waals surface area contributed by atoms with E-state index >= 15 is 0 Å². The highest BCUT2D eigenvalue weighted by Crippen LogP contribution is 2.18. The molecule has 24 heavy (non-hydrogen) atoms. The highest BCUT2D eigenvalue weighted by molar-refractivity contribution is 5.90. The molecule has 0 fully saturated rings. The molecule has 2 rings (SSSR count). The van der Waals surface area contributed by atoms with Gasteiger partial charge in [-0.25, -0.2) is 4.79 Å². The zero-order valence-corrected chi connectivity index (χ0v) is 13.9. The van der Waals surface area contributed by atoms with Crippen LogP contribution in [0, 0.1) is 0 Å². The second-order valence-corrected chi connectivity index (χ2v) is 5.93. The normalized spacial score (nSPS) is 11.1. The molecule has 0 aliphatic heterocycles. The van der Waals surface area contributed by atoms with Crippen molar-refractivity contribution < 1.29 is 19.4 Å². The number of methoxy groups -OCH3 is 1.